The summed E-state index contributed by atoms with van der Waals surface area (Å²) >= 11 is 1.19. The van der Waals surface area contributed by atoms with E-state index in [0.717, 1.165) is 0 Å². The van der Waals surface area contributed by atoms with Gasteiger partial charge in [-0.1, -0.05) is 6.92 Å². The quantitative estimate of drug-likeness (QED) is 0.273. The molecule has 1 aromatic rings. The third-order valence-electron chi connectivity index (χ3n) is 2.29. The van der Waals surface area contributed by atoms with Crippen LogP contribution in [0.15, 0.2) is 11.6 Å². The number of esters is 1. The fourth-order valence-corrected chi connectivity index (χ4v) is 2.49. The van der Waals surface area contributed by atoms with Crippen molar-refractivity contribution in [2.24, 2.45) is 0 Å². The second-order valence-electron chi connectivity index (χ2n) is 4.19. The van der Waals surface area contributed by atoms with Gasteiger partial charge in [0.05, 0.1) is 15.9 Å². The molecule has 0 atom stereocenters. The monoisotopic (exact) mass is 294 g/mol. The van der Waals surface area contributed by atoms with E-state index < -0.39 is 10.9 Å². The van der Waals surface area contributed by atoms with E-state index in [0.29, 0.717) is 16.2 Å². The van der Waals surface area contributed by atoms with Crippen molar-refractivity contribution in [2.45, 2.75) is 33.3 Å². The van der Waals surface area contributed by atoms with Crippen LogP contribution in [0.3, 0.4) is 0 Å². The Kier molecular flexibility index (Phi) is 5.41. The number of ether oxygens (including phenoxy) is 1. The fraction of sp³-hybridized carbons (Fsp3) is 0.385. The third-order valence-corrected chi connectivity index (χ3v) is 3.51. The molecule has 0 bridgehead atoms. The first-order valence-corrected chi connectivity index (χ1v) is 6.80. The Morgan fingerprint density at radius 3 is 2.70 bits per heavy atom. The second-order valence-corrected chi connectivity index (χ2v) is 5.36. The number of carbonyl (C=O) groups is 1. The van der Waals surface area contributed by atoms with E-state index in [1.807, 2.05) is 6.92 Å². The summed E-state index contributed by atoms with van der Waals surface area (Å²) in [7, 11) is 0. The van der Waals surface area contributed by atoms with Crippen LogP contribution in [0, 0.1) is 21.4 Å². The number of nitriles is 1. The minimum atomic E-state index is -0.725. The topological polar surface area (TPSA) is 93.2 Å². The van der Waals surface area contributed by atoms with Gasteiger partial charge >= 0.3 is 5.97 Å². The van der Waals surface area contributed by atoms with Crippen LogP contribution >= 0.6 is 11.3 Å². The first-order chi connectivity index (χ1) is 9.38. The molecule has 0 saturated carbocycles. The average molecular weight is 294 g/mol. The number of rotatable bonds is 5. The molecule has 0 aliphatic rings. The maximum atomic E-state index is 11.6. The van der Waals surface area contributed by atoms with Crippen LogP contribution in [0.1, 0.15) is 30.5 Å². The van der Waals surface area contributed by atoms with Gasteiger partial charge in [-0.05, 0) is 26.3 Å². The molecule has 1 aromatic heterocycles. The molecular weight excluding hydrogens is 280 g/mol. The minimum Gasteiger partial charge on any atom is -0.459 e. The SMILES string of the molecule is CCc1sc(/C=C(/C#N)C(=O)OC(C)C)cc1[N+](=O)[O-]. The summed E-state index contributed by atoms with van der Waals surface area (Å²) < 4.78 is 4.93. The number of hydrogen-bond acceptors (Lipinski definition) is 6. The van der Waals surface area contributed by atoms with E-state index in [9.17, 15) is 14.9 Å². The lowest BCUT2D eigenvalue weighted by atomic mass is 10.2. The van der Waals surface area contributed by atoms with Crippen LogP contribution < -0.4 is 0 Å². The molecule has 20 heavy (non-hydrogen) atoms. The summed E-state index contributed by atoms with van der Waals surface area (Å²) in [5.41, 5.74) is -0.157. The van der Waals surface area contributed by atoms with E-state index >= 15 is 0 Å². The zero-order valence-corrected chi connectivity index (χ0v) is 12.2. The normalized spacial score (nSPS) is 11.2. The largest absolute Gasteiger partial charge is 0.459 e. The van der Waals surface area contributed by atoms with Crippen molar-refractivity contribution < 1.29 is 14.5 Å². The van der Waals surface area contributed by atoms with Crippen LogP contribution in [0.25, 0.3) is 6.08 Å². The lowest BCUT2D eigenvalue weighted by molar-refractivity contribution is -0.385. The van der Waals surface area contributed by atoms with Crippen LogP contribution in [0.4, 0.5) is 5.69 Å². The van der Waals surface area contributed by atoms with Gasteiger partial charge in [0.15, 0.2) is 0 Å². The third kappa shape index (κ3) is 3.90. The lowest BCUT2D eigenvalue weighted by Crippen LogP contribution is -2.12. The summed E-state index contributed by atoms with van der Waals surface area (Å²) in [6.07, 6.45) is 1.51. The predicted molar refractivity (Wildman–Crippen MR) is 75.2 cm³/mol. The smallest absolute Gasteiger partial charge is 0.349 e. The van der Waals surface area contributed by atoms with Gasteiger partial charge in [-0.25, -0.2) is 4.79 Å². The van der Waals surface area contributed by atoms with Gasteiger partial charge in [0.1, 0.15) is 11.6 Å². The molecule has 0 radical (unpaired) electrons. The van der Waals surface area contributed by atoms with Crippen LogP contribution in [0.5, 0.6) is 0 Å². The zero-order valence-electron chi connectivity index (χ0n) is 11.4. The fourth-order valence-electron chi connectivity index (χ4n) is 1.47. The molecule has 0 unspecified atom stereocenters. The predicted octanol–water partition coefficient (Wildman–Crippen LogP) is 3.08. The summed E-state index contributed by atoms with van der Waals surface area (Å²) in [5.74, 6) is -0.725. The highest BCUT2D eigenvalue weighted by atomic mass is 32.1. The van der Waals surface area contributed by atoms with Crippen molar-refractivity contribution in [3.63, 3.8) is 0 Å². The van der Waals surface area contributed by atoms with Crippen LogP contribution in [-0.2, 0) is 16.0 Å². The van der Waals surface area contributed by atoms with E-state index in [1.165, 1.54) is 23.5 Å². The first kappa shape index (κ1) is 15.9. The highest BCUT2D eigenvalue weighted by Crippen LogP contribution is 2.31. The Bertz CT molecular complexity index is 596. The van der Waals surface area contributed by atoms with Crippen molar-refractivity contribution in [3.8, 4) is 6.07 Å². The molecule has 0 N–H and O–H groups in total. The van der Waals surface area contributed by atoms with Gasteiger partial charge in [0, 0.05) is 10.9 Å². The van der Waals surface area contributed by atoms with Gasteiger partial charge in [0.25, 0.3) is 5.69 Å². The Morgan fingerprint density at radius 1 is 1.65 bits per heavy atom. The average Bonchev–Trinajstić information content (AvgIpc) is 2.78. The summed E-state index contributed by atoms with van der Waals surface area (Å²) in [6, 6.07) is 3.12. The Labute approximate surface area is 120 Å². The first-order valence-electron chi connectivity index (χ1n) is 5.98. The number of aryl methyl sites for hydroxylation is 1. The maximum Gasteiger partial charge on any atom is 0.349 e. The number of thiophene rings is 1. The minimum absolute atomic E-state index is 0.0123. The van der Waals surface area contributed by atoms with Crippen molar-refractivity contribution in [1.29, 1.82) is 5.26 Å². The Balaban J connectivity index is 3.11. The van der Waals surface area contributed by atoms with Crippen molar-refractivity contribution >= 4 is 29.1 Å². The van der Waals surface area contributed by atoms with Crippen LogP contribution in [0.2, 0.25) is 0 Å². The maximum absolute atomic E-state index is 11.6. The van der Waals surface area contributed by atoms with Crippen molar-refractivity contribution in [2.75, 3.05) is 0 Å². The molecule has 7 heteroatoms. The lowest BCUT2D eigenvalue weighted by Gasteiger charge is -2.05. The van der Waals surface area contributed by atoms with E-state index in [2.05, 4.69) is 0 Å². The molecule has 106 valence electrons. The summed E-state index contributed by atoms with van der Waals surface area (Å²) in [4.78, 5) is 23.1. The van der Waals surface area contributed by atoms with Crippen LogP contribution in [-0.4, -0.2) is 17.0 Å². The highest BCUT2D eigenvalue weighted by molar-refractivity contribution is 7.13. The van der Waals surface area contributed by atoms with E-state index in [1.54, 1.807) is 19.9 Å². The molecular formula is C13H14N2O4S. The Morgan fingerprint density at radius 2 is 2.30 bits per heavy atom. The zero-order chi connectivity index (χ0) is 15.3. The molecule has 0 fully saturated rings. The second kappa shape index (κ2) is 6.82. The molecule has 1 heterocycles. The molecule has 0 aliphatic carbocycles. The van der Waals surface area contributed by atoms with Gasteiger partial charge in [-0.3, -0.25) is 10.1 Å². The van der Waals surface area contributed by atoms with Gasteiger partial charge in [-0.15, -0.1) is 11.3 Å². The van der Waals surface area contributed by atoms with Gasteiger partial charge in [-0.2, -0.15) is 5.26 Å². The number of carbonyl (C=O) groups excluding carboxylic acids is 1. The van der Waals surface area contributed by atoms with Crippen molar-refractivity contribution in [3.05, 3.63) is 31.5 Å². The summed E-state index contributed by atoms with van der Waals surface area (Å²) in [6.45, 7) is 5.17. The van der Waals surface area contributed by atoms with Gasteiger partial charge in [0.2, 0.25) is 0 Å². The number of hydrogen-bond donors (Lipinski definition) is 0. The van der Waals surface area contributed by atoms with Gasteiger partial charge < -0.3 is 4.74 Å². The number of nitrogens with zero attached hydrogens (tertiary/aromatic N) is 2. The molecule has 0 saturated heterocycles. The molecule has 0 amide bonds. The van der Waals surface area contributed by atoms with E-state index in [4.69, 9.17) is 10.00 Å². The molecule has 0 spiro atoms. The molecule has 0 aromatic carbocycles. The van der Waals surface area contributed by atoms with E-state index in [-0.39, 0.29) is 17.4 Å². The van der Waals surface area contributed by atoms with Crippen molar-refractivity contribution in [1.82, 2.24) is 0 Å². The number of nitro groups is 1. The molecule has 0 aliphatic heterocycles. The Hall–Kier alpha value is -2.20. The standard InChI is InChI=1S/C13H14N2O4S/c1-4-12-11(15(17)18)6-10(20-12)5-9(7-14)13(16)19-8(2)3/h5-6,8H,4H2,1-3H3/b9-5-. The molecule has 1 rings (SSSR count). The molecule has 6 nitrogen and oxygen atoms in total. The highest BCUT2D eigenvalue weighted by Gasteiger charge is 2.18. The summed E-state index contributed by atoms with van der Waals surface area (Å²) in [5, 5.41) is 19.8.